The first-order valence-electron chi connectivity index (χ1n) is 6.67. The molecule has 120 valence electrons. The van der Waals surface area contributed by atoms with Crippen LogP contribution in [0.15, 0.2) is 40.3 Å². The van der Waals surface area contributed by atoms with Crippen LogP contribution in [0, 0.1) is 0 Å². The van der Waals surface area contributed by atoms with E-state index in [2.05, 4.69) is 10.3 Å². The van der Waals surface area contributed by atoms with Crippen LogP contribution in [0.3, 0.4) is 0 Å². The zero-order chi connectivity index (χ0) is 17.0. The van der Waals surface area contributed by atoms with Crippen LogP contribution in [0.1, 0.15) is 17.3 Å². The molecule has 1 amide bonds. The molecule has 1 aromatic carbocycles. The molecule has 0 aliphatic carbocycles. The molecule has 0 bridgehead atoms. The fourth-order valence-corrected chi connectivity index (χ4v) is 2.66. The number of nitrogens with one attached hydrogen (secondary N) is 1. The minimum atomic E-state index is -0.396. The zero-order valence-corrected chi connectivity index (χ0v) is 13.4. The summed E-state index contributed by atoms with van der Waals surface area (Å²) in [5.41, 5.74) is 0.697. The highest BCUT2D eigenvalue weighted by atomic mass is 32.2. The van der Waals surface area contributed by atoms with Gasteiger partial charge in [0.25, 0.3) is 5.56 Å². The standard InChI is InChI=1S/C15H15N3O4S/c1-9(19)16-11-5-3-10(4-6-11)12(20)8-23-15-17-13(21)7-14(22)18(15)2/h3-7,21H,8H2,1-2H3,(H,16,19). The van der Waals surface area contributed by atoms with E-state index in [1.807, 2.05) is 0 Å². The van der Waals surface area contributed by atoms with Gasteiger partial charge in [0.1, 0.15) is 0 Å². The molecule has 0 unspecified atom stereocenters. The smallest absolute Gasteiger partial charge is 0.257 e. The lowest BCUT2D eigenvalue weighted by Gasteiger charge is -2.07. The molecule has 8 heteroatoms. The summed E-state index contributed by atoms with van der Waals surface area (Å²) in [5, 5.41) is 12.2. The number of aromatic hydroxyl groups is 1. The van der Waals surface area contributed by atoms with Gasteiger partial charge in [-0.05, 0) is 24.3 Å². The van der Waals surface area contributed by atoms with E-state index in [1.54, 1.807) is 24.3 Å². The van der Waals surface area contributed by atoms with Crippen molar-refractivity contribution in [3.8, 4) is 5.88 Å². The SMILES string of the molecule is CC(=O)Nc1ccc(C(=O)CSc2nc(O)cc(=O)n2C)cc1. The first-order valence-corrected chi connectivity index (χ1v) is 7.66. The molecule has 1 heterocycles. The van der Waals surface area contributed by atoms with Gasteiger partial charge in [-0.3, -0.25) is 19.0 Å². The number of amides is 1. The van der Waals surface area contributed by atoms with Crippen LogP contribution in [0.25, 0.3) is 0 Å². The number of anilines is 1. The molecule has 0 saturated heterocycles. The summed E-state index contributed by atoms with van der Waals surface area (Å²) in [4.78, 5) is 38.4. The van der Waals surface area contributed by atoms with Crippen LogP contribution in [-0.2, 0) is 11.8 Å². The van der Waals surface area contributed by atoms with Crippen molar-refractivity contribution in [2.45, 2.75) is 12.1 Å². The third kappa shape index (κ3) is 4.43. The number of rotatable bonds is 5. The number of thioether (sulfide) groups is 1. The Hall–Kier alpha value is -2.61. The molecular weight excluding hydrogens is 318 g/mol. The minimum Gasteiger partial charge on any atom is -0.493 e. The van der Waals surface area contributed by atoms with Crippen LogP contribution in [0.2, 0.25) is 0 Å². The van der Waals surface area contributed by atoms with Crippen molar-refractivity contribution in [1.82, 2.24) is 9.55 Å². The summed E-state index contributed by atoms with van der Waals surface area (Å²) in [7, 11) is 1.52. The Morgan fingerprint density at radius 1 is 1.30 bits per heavy atom. The highest BCUT2D eigenvalue weighted by Crippen LogP contribution is 2.18. The Balaban J connectivity index is 2.05. The highest BCUT2D eigenvalue weighted by Gasteiger charge is 2.11. The van der Waals surface area contributed by atoms with Crippen LogP contribution in [0.4, 0.5) is 5.69 Å². The lowest BCUT2D eigenvalue weighted by Crippen LogP contribution is -2.18. The molecule has 0 atom stereocenters. The van der Waals surface area contributed by atoms with Gasteiger partial charge in [-0.1, -0.05) is 11.8 Å². The molecule has 0 aliphatic heterocycles. The van der Waals surface area contributed by atoms with Crippen LogP contribution < -0.4 is 10.9 Å². The molecule has 2 aromatic rings. The molecular formula is C15H15N3O4S. The fourth-order valence-electron chi connectivity index (χ4n) is 1.79. The number of hydrogen-bond donors (Lipinski definition) is 2. The normalized spacial score (nSPS) is 10.3. The van der Waals surface area contributed by atoms with Gasteiger partial charge in [0.2, 0.25) is 11.8 Å². The van der Waals surface area contributed by atoms with Gasteiger partial charge in [-0.25, -0.2) is 0 Å². The van der Waals surface area contributed by atoms with E-state index >= 15 is 0 Å². The molecule has 0 fully saturated rings. The van der Waals surface area contributed by atoms with Crippen molar-refractivity contribution in [3.63, 3.8) is 0 Å². The highest BCUT2D eigenvalue weighted by molar-refractivity contribution is 7.99. The van der Waals surface area contributed by atoms with E-state index in [9.17, 15) is 19.5 Å². The van der Waals surface area contributed by atoms with Crippen molar-refractivity contribution < 1.29 is 14.7 Å². The quantitative estimate of drug-likeness (QED) is 0.487. The summed E-state index contributed by atoms with van der Waals surface area (Å²) in [6.07, 6.45) is 0. The van der Waals surface area contributed by atoms with Crippen molar-refractivity contribution >= 4 is 29.1 Å². The van der Waals surface area contributed by atoms with E-state index in [0.29, 0.717) is 11.3 Å². The molecule has 23 heavy (non-hydrogen) atoms. The number of benzene rings is 1. The third-order valence-electron chi connectivity index (χ3n) is 2.94. The summed E-state index contributed by atoms with van der Waals surface area (Å²) < 4.78 is 1.26. The second-order valence-electron chi connectivity index (χ2n) is 4.76. The Morgan fingerprint density at radius 2 is 1.96 bits per heavy atom. The number of nitrogens with zero attached hydrogens (tertiary/aromatic N) is 2. The largest absolute Gasteiger partial charge is 0.493 e. The van der Waals surface area contributed by atoms with Crippen molar-refractivity contribution in [1.29, 1.82) is 0 Å². The van der Waals surface area contributed by atoms with Gasteiger partial charge in [0.15, 0.2) is 10.9 Å². The van der Waals surface area contributed by atoms with Gasteiger partial charge in [-0.2, -0.15) is 4.98 Å². The Kier molecular flexibility index (Phi) is 5.17. The van der Waals surface area contributed by atoms with Gasteiger partial charge in [0, 0.05) is 25.2 Å². The monoisotopic (exact) mass is 333 g/mol. The Morgan fingerprint density at radius 3 is 2.57 bits per heavy atom. The van der Waals surface area contributed by atoms with Gasteiger partial charge < -0.3 is 10.4 Å². The van der Waals surface area contributed by atoms with Gasteiger partial charge >= 0.3 is 0 Å². The topological polar surface area (TPSA) is 101 Å². The lowest BCUT2D eigenvalue weighted by atomic mass is 10.1. The average molecular weight is 333 g/mol. The lowest BCUT2D eigenvalue weighted by molar-refractivity contribution is -0.114. The number of Topliss-reactive ketones (excluding diaryl/α,β-unsaturated/α-hetero) is 1. The van der Waals surface area contributed by atoms with Crippen molar-refractivity contribution in [2.75, 3.05) is 11.1 Å². The van der Waals surface area contributed by atoms with Crippen molar-refractivity contribution in [3.05, 3.63) is 46.2 Å². The van der Waals surface area contributed by atoms with Gasteiger partial charge in [-0.15, -0.1) is 0 Å². The first kappa shape index (κ1) is 16.8. The van der Waals surface area contributed by atoms with E-state index in [4.69, 9.17) is 0 Å². The second-order valence-corrected chi connectivity index (χ2v) is 5.71. The molecule has 0 spiro atoms. The van der Waals surface area contributed by atoms with Crippen LogP contribution >= 0.6 is 11.8 Å². The maximum atomic E-state index is 12.1. The van der Waals surface area contributed by atoms with E-state index in [1.165, 1.54) is 18.5 Å². The molecule has 7 nitrogen and oxygen atoms in total. The number of carbonyl (C=O) groups is 2. The predicted molar refractivity (Wildman–Crippen MR) is 86.9 cm³/mol. The maximum absolute atomic E-state index is 12.1. The number of hydrogen-bond acceptors (Lipinski definition) is 6. The molecule has 2 N–H and O–H groups in total. The predicted octanol–water partition coefficient (Wildman–Crippen LogP) is 1.42. The summed E-state index contributed by atoms with van der Waals surface area (Å²) in [6.45, 7) is 1.41. The van der Waals surface area contributed by atoms with Crippen LogP contribution in [-0.4, -0.2) is 32.1 Å². The number of ketones is 1. The molecule has 0 radical (unpaired) electrons. The minimum absolute atomic E-state index is 0.0726. The fraction of sp³-hybridized carbons (Fsp3) is 0.200. The molecule has 1 aromatic heterocycles. The van der Waals surface area contributed by atoms with E-state index < -0.39 is 5.56 Å². The molecule has 0 aliphatic rings. The second kappa shape index (κ2) is 7.10. The van der Waals surface area contributed by atoms with Gasteiger partial charge in [0.05, 0.1) is 11.8 Å². The van der Waals surface area contributed by atoms with Crippen LogP contribution in [0.5, 0.6) is 5.88 Å². The maximum Gasteiger partial charge on any atom is 0.257 e. The third-order valence-corrected chi connectivity index (χ3v) is 3.97. The number of carbonyl (C=O) groups excluding carboxylic acids is 2. The Bertz CT molecular complexity index is 799. The summed E-state index contributed by atoms with van der Waals surface area (Å²) in [5.74, 6) is -0.636. The summed E-state index contributed by atoms with van der Waals surface area (Å²) >= 11 is 1.07. The first-order chi connectivity index (χ1) is 10.9. The zero-order valence-electron chi connectivity index (χ0n) is 12.6. The Labute approximate surface area is 136 Å². The number of aromatic nitrogens is 2. The van der Waals surface area contributed by atoms with Crippen molar-refractivity contribution in [2.24, 2.45) is 7.05 Å². The molecule has 0 saturated carbocycles. The van der Waals surface area contributed by atoms with E-state index in [0.717, 1.165) is 17.8 Å². The van der Waals surface area contributed by atoms with E-state index in [-0.39, 0.29) is 28.5 Å². The average Bonchev–Trinajstić information content (AvgIpc) is 2.49. The summed E-state index contributed by atoms with van der Waals surface area (Å²) in [6, 6.07) is 7.52. The molecule has 2 rings (SSSR count).